The van der Waals surface area contributed by atoms with Gasteiger partial charge in [0.25, 0.3) is 0 Å². The third kappa shape index (κ3) is 4.51. The van der Waals surface area contributed by atoms with Crippen LogP contribution in [0.4, 0.5) is 0 Å². The van der Waals surface area contributed by atoms with E-state index in [4.69, 9.17) is 10.9 Å². The second-order valence-corrected chi connectivity index (χ2v) is 6.06. The molecule has 0 saturated carbocycles. The van der Waals surface area contributed by atoms with Gasteiger partial charge in [0.2, 0.25) is 0 Å². The largest absolute Gasteiger partial charge is 0.409 e. The molecule has 6 heteroatoms. The summed E-state index contributed by atoms with van der Waals surface area (Å²) in [6.07, 6.45) is 1.05. The zero-order valence-electron chi connectivity index (χ0n) is 9.19. The molecule has 0 unspecified atom stereocenters. The van der Waals surface area contributed by atoms with E-state index in [0.29, 0.717) is 6.54 Å². The summed E-state index contributed by atoms with van der Waals surface area (Å²) < 4.78 is 1.13. The maximum absolute atomic E-state index is 8.55. The van der Waals surface area contributed by atoms with Gasteiger partial charge >= 0.3 is 0 Å². The number of halogens is 1. The Morgan fingerprint density at radius 3 is 2.88 bits per heavy atom. The molecule has 90 valence electrons. The molecule has 0 saturated heterocycles. The van der Waals surface area contributed by atoms with Crippen molar-refractivity contribution in [2.45, 2.75) is 19.9 Å². The third-order valence-electron chi connectivity index (χ3n) is 2.06. The summed E-state index contributed by atoms with van der Waals surface area (Å²) in [6.45, 7) is 4.38. The zero-order chi connectivity index (χ0) is 12.0. The molecule has 0 atom stereocenters. The van der Waals surface area contributed by atoms with E-state index in [1.807, 2.05) is 6.07 Å². The molecule has 1 heterocycles. The number of oxime groups is 1. The lowest BCUT2D eigenvalue weighted by Gasteiger charge is -2.19. The summed E-state index contributed by atoms with van der Waals surface area (Å²) in [7, 11) is 0. The van der Waals surface area contributed by atoms with Crippen LogP contribution in [0.3, 0.4) is 0 Å². The van der Waals surface area contributed by atoms with Crippen molar-refractivity contribution in [2.75, 3.05) is 13.1 Å². The molecule has 3 N–H and O–H groups in total. The zero-order valence-corrected chi connectivity index (χ0v) is 11.6. The SMILES string of the molecule is CCCN(CC(N)=NO)Cc1ccc(Br)s1. The van der Waals surface area contributed by atoms with Crippen LogP contribution in [0.5, 0.6) is 0 Å². The average Bonchev–Trinajstić information content (AvgIpc) is 2.64. The number of nitrogens with two attached hydrogens (primary N) is 1. The molecule has 0 bridgehead atoms. The number of hydrogen-bond acceptors (Lipinski definition) is 4. The van der Waals surface area contributed by atoms with Gasteiger partial charge in [-0.3, -0.25) is 4.90 Å². The molecule has 0 aromatic carbocycles. The minimum absolute atomic E-state index is 0.254. The van der Waals surface area contributed by atoms with E-state index in [2.05, 4.69) is 39.0 Å². The summed E-state index contributed by atoms with van der Waals surface area (Å²) in [4.78, 5) is 3.43. The minimum Gasteiger partial charge on any atom is -0.409 e. The van der Waals surface area contributed by atoms with Gasteiger partial charge in [-0.2, -0.15) is 0 Å². The predicted octanol–water partition coefficient (Wildman–Crippen LogP) is 2.47. The molecule has 0 aliphatic heterocycles. The molecule has 0 aliphatic rings. The maximum atomic E-state index is 8.55. The Balaban J connectivity index is 2.57. The van der Waals surface area contributed by atoms with Crippen molar-refractivity contribution in [3.8, 4) is 0 Å². The molecule has 0 spiro atoms. The lowest BCUT2D eigenvalue weighted by molar-refractivity contribution is 0.287. The van der Waals surface area contributed by atoms with Gasteiger partial charge in [-0.25, -0.2) is 0 Å². The van der Waals surface area contributed by atoms with Gasteiger partial charge in [0.1, 0.15) is 0 Å². The Hall–Kier alpha value is -0.590. The summed E-state index contributed by atoms with van der Waals surface area (Å²) in [5.41, 5.74) is 5.52. The maximum Gasteiger partial charge on any atom is 0.153 e. The first-order valence-electron chi connectivity index (χ1n) is 5.08. The average molecular weight is 306 g/mol. The summed E-state index contributed by atoms with van der Waals surface area (Å²) in [6, 6.07) is 4.12. The van der Waals surface area contributed by atoms with Crippen molar-refractivity contribution in [2.24, 2.45) is 10.9 Å². The van der Waals surface area contributed by atoms with Crippen LogP contribution in [0.15, 0.2) is 21.1 Å². The molecule has 0 fully saturated rings. The van der Waals surface area contributed by atoms with Crippen LogP contribution in [0, 0.1) is 0 Å². The lowest BCUT2D eigenvalue weighted by atomic mass is 10.3. The van der Waals surface area contributed by atoms with Crippen molar-refractivity contribution < 1.29 is 5.21 Å². The van der Waals surface area contributed by atoms with Crippen molar-refractivity contribution in [1.29, 1.82) is 0 Å². The fourth-order valence-corrected chi connectivity index (χ4v) is 2.97. The molecular weight excluding hydrogens is 290 g/mol. The van der Waals surface area contributed by atoms with Gasteiger partial charge < -0.3 is 10.9 Å². The molecular formula is C10H16BrN3OS. The second kappa shape index (κ2) is 6.88. The van der Waals surface area contributed by atoms with Crippen LogP contribution >= 0.6 is 27.3 Å². The fourth-order valence-electron chi connectivity index (χ4n) is 1.45. The Morgan fingerprint density at radius 2 is 2.38 bits per heavy atom. The van der Waals surface area contributed by atoms with E-state index in [0.717, 1.165) is 23.3 Å². The fraction of sp³-hybridized carbons (Fsp3) is 0.500. The second-order valence-electron chi connectivity index (χ2n) is 3.51. The lowest BCUT2D eigenvalue weighted by Crippen LogP contribution is -2.33. The van der Waals surface area contributed by atoms with E-state index in [1.54, 1.807) is 11.3 Å². The Labute approximate surface area is 108 Å². The van der Waals surface area contributed by atoms with E-state index in [-0.39, 0.29) is 5.84 Å². The predicted molar refractivity (Wildman–Crippen MR) is 71.0 cm³/mol. The highest BCUT2D eigenvalue weighted by Crippen LogP contribution is 2.23. The minimum atomic E-state index is 0.254. The Morgan fingerprint density at radius 1 is 1.62 bits per heavy atom. The Kier molecular flexibility index (Phi) is 5.79. The summed E-state index contributed by atoms with van der Waals surface area (Å²) >= 11 is 5.15. The standard InChI is InChI=1S/C10H16BrN3OS/c1-2-5-14(7-10(12)13-15)6-8-3-4-9(11)16-8/h3-4,15H,2,5-7H2,1H3,(H2,12,13). The summed E-state index contributed by atoms with van der Waals surface area (Å²) in [5.74, 6) is 0.254. The highest BCUT2D eigenvalue weighted by atomic mass is 79.9. The van der Waals surface area contributed by atoms with Crippen LogP contribution in [0.25, 0.3) is 0 Å². The first kappa shape index (κ1) is 13.5. The topological polar surface area (TPSA) is 61.8 Å². The number of hydrogen-bond donors (Lipinski definition) is 2. The van der Waals surface area contributed by atoms with Crippen LogP contribution in [0.1, 0.15) is 18.2 Å². The quantitative estimate of drug-likeness (QED) is 0.367. The highest BCUT2D eigenvalue weighted by Gasteiger charge is 2.08. The van der Waals surface area contributed by atoms with Crippen LogP contribution in [0.2, 0.25) is 0 Å². The third-order valence-corrected chi connectivity index (χ3v) is 3.67. The van der Waals surface area contributed by atoms with Gasteiger partial charge in [0.05, 0.1) is 10.3 Å². The van der Waals surface area contributed by atoms with Crippen LogP contribution < -0.4 is 5.73 Å². The van der Waals surface area contributed by atoms with Crippen molar-refractivity contribution >= 4 is 33.1 Å². The molecule has 1 aromatic rings. The monoisotopic (exact) mass is 305 g/mol. The smallest absolute Gasteiger partial charge is 0.153 e. The summed E-state index contributed by atoms with van der Waals surface area (Å²) in [5, 5.41) is 11.6. The van der Waals surface area contributed by atoms with Crippen LogP contribution in [-0.2, 0) is 6.54 Å². The molecule has 4 nitrogen and oxygen atoms in total. The van der Waals surface area contributed by atoms with Gasteiger partial charge in [-0.15, -0.1) is 11.3 Å². The van der Waals surface area contributed by atoms with Gasteiger partial charge in [0.15, 0.2) is 5.84 Å². The number of amidine groups is 1. The molecule has 1 rings (SSSR count). The molecule has 1 aromatic heterocycles. The number of nitrogens with zero attached hydrogens (tertiary/aromatic N) is 2. The first-order chi connectivity index (χ1) is 7.65. The van der Waals surface area contributed by atoms with E-state index < -0.39 is 0 Å². The van der Waals surface area contributed by atoms with E-state index in [1.165, 1.54) is 4.88 Å². The highest BCUT2D eigenvalue weighted by molar-refractivity contribution is 9.11. The van der Waals surface area contributed by atoms with Gasteiger partial charge in [0, 0.05) is 11.4 Å². The van der Waals surface area contributed by atoms with E-state index in [9.17, 15) is 0 Å². The number of thiophene rings is 1. The molecule has 0 aliphatic carbocycles. The van der Waals surface area contributed by atoms with Crippen molar-refractivity contribution in [3.05, 3.63) is 20.8 Å². The van der Waals surface area contributed by atoms with E-state index >= 15 is 0 Å². The molecule has 16 heavy (non-hydrogen) atoms. The van der Waals surface area contributed by atoms with Crippen molar-refractivity contribution in [1.82, 2.24) is 4.90 Å². The van der Waals surface area contributed by atoms with Gasteiger partial charge in [-0.1, -0.05) is 12.1 Å². The van der Waals surface area contributed by atoms with Gasteiger partial charge in [-0.05, 0) is 41.0 Å². The van der Waals surface area contributed by atoms with Crippen molar-refractivity contribution in [3.63, 3.8) is 0 Å². The molecule has 0 radical (unpaired) electrons. The normalized spacial score (nSPS) is 12.3. The first-order valence-corrected chi connectivity index (χ1v) is 6.69. The Bertz CT molecular complexity index is 354. The molecule has 0 amide bonds. The number of rotatable bonds is 6. The van der Waals surface area contributed by atoms with Crippen LogP contribution in [-0.4, -0.2) is 29.0 Å².